The average molecular weight is 349 g/mol. The summed E-state index contributed by atoms with van der Waals surface area (Å²) >= 11 is 0. The van der Waals surface area contributed by atoms with E-state index in [0.717, 1.165) is 5.39 Å². The van der Waals surface area contributed by atoms with Gasteiger partial charge in [-0.2, -0.15) is 0 Å². The van der Waals surface area contributed by atoms with Crippen LogP contribution in [0.25, 0.3) is 10.9 Å². The van der Waals surface area contributed by atoms with Gasteiger partial charge in [-0.15, -0.1) is 0 Å². The molecule has 26 heavy (non-hydrogen) atoms. The Morgan fingerprint density at radius 2 is 1.65 bits per heavy atom. The van der Waals surface area contributed by atoms with Gasteiger partial charge in [0.1, 0.15) is 0 Å². The van der Waals surface area contributed by atoms with Crippen molar-refractivity contribution in [2.75, 3.05) is 17.7 Å². The zero-order valence-corrected chi connectivity index (χ0v) is 13.9. The number of carbonyl (C=O) groups is 3. The normalized spacial score (nSPS) is 10.2. The van der Waals surface area contributed by atoms with Crippen LogP contribution in [0.1, 0.15) is 10.4 Å². The standard InChI is InChI=1S/C19H15N3O4/c1-26-19(25)13-6-2-8-14(11-13)21-17(23)18(24)22-15-9-3-5-12-7-4-10-20-16(12)15/h2-11H,1H3,(H,21,23)(H,22,24). The second kappa shape index (κ2) is 7.43. The number of amides is 2. The van der Waals surface area contributed by atoms with Crippen LogP contribution in [0.2, 0.25) is 0 Å². The number of rotatable bonds is 3. The van der Waals surface area contributed by atoms with E-state index in [1.807, 2.05) is 12.1 Å². The van der Waals surface area contributed by atoms with Gasteiger partial charge in [0, 0.05) is 17.3 Å². The minimum Gasteiger partial charge on any atom is -0.465 e. The average Bonchev–Trinajstić information content (AvgIpc) is 2.67. The Labute approximate surface area is 149 Å². The number of nitrogens with zero attached hydrogens (tertiary/aromatic N) is 1. The number of pyridine rings is 1. The molecule has 0 bridgehead atoms. The monoisotopic (exact) mass is 349 g/mol. The SMILES string of the molecule is COC(=O)c1cccc(NC(=O)C(=O)Nc2cccc3cccnc23)c1. The molecule has 2 N–H and O–H groups in total. The number of carbonyl (C=O) groups excluding carboxylic acids is 3. The fraction of sp³-hybridized carbons (Fsp3) is 0.0526. The number of anilines is 2. The van der Waals surface area contributed by atoms with Crippen molar-refractivity contribution in [2.24, 2.45) is 0 Å². The topological polar surface area (TPSA) is 97.4 Å². The van der Waals surface area contributed by atoms with Crippen LogP contribution < -0.4 is 10.6 Å². The lowest BCUT2D eigenvalue weighted by Gasteiger charge is -2.09. The largest absolute Gasteiger partial charge is 0.465 e. The van der Waals surface area contributed by atoms with Gasteiger partial charge in [0.25, 0.3) is 0 Å². The number of methoxy groups -OCH3 is 1. The smallest absolute Gasteiger partial charge is 0.337 e. The van der Waals surface area contributed by atoms with Crippen molar-refractivity contribution < 1.29 is 19.1 Å². The summed E-state index contributed by atoms with van der Waals surface area (Å²) in [6.07, 6.45) is 1.61. The lowest BCUT2D eigenvalue weighted by molar-refractivity contribution is -0.132. The van der Waals surface area contributed by atoms with Crippen molar-refractivity contribution >= 4 is 40.1 Å². The highest BCUT2D eigenvalue weighted by atomic mass is 16.5. The molecular weight excluding hydrogens is 334 g/mol. The summed E-state index contributed by atoms with van der Waals surface area (Å²) in [5.74, 6) is -2.24. The maximum absolute atomic E-state index is 12.2. The maximum atomic E-state index is 12.2. The Morgan fingerprint density at radius 3 is 2.46 bits per heavy atom. The minimum atomic E-state index is -0.861. The highest BCUT2D eigenvalue weighted by molar-refractivity contribution is 6.44. The van der Waals surface area contributed by atoms with Gasteiger partial charge < -0.3 is 15.4 Å². The molecule has 0 saturated heterocycles. The van der Waals surface area contributed by atoms with Gasteiger partial charge in [0.15, 0.2) is 0 Å². The van der Waals surface area contributed by atoms with E-state index in [1.54, 1.807) is 42.6 Å². The quantitative estimate of drug-likeness (QED) is 0.559. The number of para-hydroxylation sites is 1. The Balaban J connectivity index is 1.74. The van der Waals surface area contributed by atoms with Gasteiger partial charge in [-0.05, 0) is 30.3 Å². The molecule has 7 nitrogen and oxygen atoms in total. The van der Waals surface area contributed by atoms with Gasteiger partial charge >= 0.3 is 17.8 Å². The predicted molar refractivity (Wildman–Crippen MR) is 96.8 cm³/mol. The zero-order valence-electron chi connectivity index (χ0n) is 13.9. The maximum Gasteiger partial charge on any atom is 0.337 e. The molecule has 2 amide bonds. The first kappa shape index (κ1) is 17.1. The first-order valence-electron chi connectivity index (χ1n) is 7.73. The number of fused-ring (bicyclic) bond motifs is 1. The van der Waals surface area contributed by atoms with Crippen LogP contribution in [-0.2, 0) is 14.3 Å². The van der Waals surface area contributed by atoms with Gasteiger partial charge in [-0.3, -0.25) is 14.6 Å². The molecule has 3 aromatic rings. The molecule has 0 aliphatic heterocycles. The van der Waals surface area contributed by atoms with Crippen LogP contribution in [0.3, 0.4) is 0 Å². The molecule has 0 spiro atoms. The number of nitrogens with one attached hydrogen (secondary N) is 2. The van der Waals surface area contributed by atoms with Crippen LogP contribution in [0.4, 0.5) is 11.4 Å². The summed E-state index contributed by atoms with van der Waals surface area (Å²) in [5.41, 5.74) is 1.60. The van der Waals surface area contributed by atoms with Gasteiger partial charge in [-0.25, -0.2) is 4.79 Å². The van der Waals surface area contributed by atoms with Crippen molar-refractivity contribution in [3.63, 3.8) is 0 Å². The highest BCUT2D eigenvalue weighted by Crippen LogP contribution is 2.20. The molecule has 0 saturated carbocycles. The number of aromatic nitrogens is 1. The van der Waals surface area contributed by atoms with E-state index < -0.39 is 17.8 Å². The van der Waals surface area contributed by atoms with E-state index in [1.165, 1.54) is 13.2 Å². The van der Waals surface area contributed by atoms with Crippen molar-refractivity contribution in [1.29, 1.82) is 0 Å². The third-order valence-corrected chi connectivity index (χ3v) is 3.63. The summed E-state index contributed by atoms with van der Waals surface area (Å²) in [6.45, 7) is 0. The number of benzene rings is 2. The predicted octanol–water partition coefficient (Wildman–Crippen LogP) is 2.60. The molecule has 1 aromatic heterocycles. The Hall–Kier alpha value is -3.74. The van der Waals surface area contributed by atoms with Crippen LogP contribution in [0.15, 0.2) is 60.8 Å². The molecule has 0 radical (unpaired) electrons. The summed E-state index contributed by atoms with van der Waals surface area (Å²) in [5, 5.41) is 5.84. The van der Waals surface area contributed by atoms with Crippen molar-refractivity contribution in [2.45, 2.75) is 0 Å². The fourth-order valence-corrected chi connectivity index (χ4v) is 2.41. The fourth-order valence-electron chi connectivity index (χ4n) is 2.41. The van der Waals surface area contributed by atoms with Gasteiger partial charge in [0.2, 0.25) is 0 Å². The van der Waals surface area contributed by atoms with Crippen molar-refractivity contribution in [1.82, 2.24) is 4.98 Å². The highest BCUT2D eigenvalue weighted by Gasteiger charge is 2.16. The summed E-state index contributed by atoms with van der Waals surface area (Å²) in [4.78, 5) is 40.1. The molecule has 0 fully saturated rings. The van der Waals surface area contributed by atoms with E-state index >= 15 is 0 Å². The molecule has 0 aliphatic rings. The molecule has 3 rings (SSSR count). The van der Waals surface area contributed by atoms with Gasteiger partial charge in [-0.1, -0.05) is 24.3 Å². The van der Waals surface area contributed by atoms with Crippen LogP contribution in [0.5, 0.6) is 0 Å². The first-order valence-corrected chi connectivity index (χ1v) is 7.73. The third kappa shape index (κ3) is 3.67. The third-order valence-electron chi connectivity index (χ3n) is 3.63. The Bertz CT molecular complexity index is 996. The van der Waals surface area contributed by atoms with E-state index in [9.17, 15) is 14.4 Å². The van der Waals surface area contributed by atoms with Crippen molar-refractivity contribution in [3.05, 3.63) is 66.4 Å². The lowest BCUT2D eigenvalue weighted by atomic mass is 10.2. The molecule has 0 unspecified atom stereocenters. The molecule has 7 heteroatoms. The number of esters is 1. The number of ether oxygens (including phenoxy) is 1. The summed E-state index contributed by atoms with van der Waals surface area (Å²) in [6, 6.07) is 15.0. The van der Waals surface area contributed by atoms with E-state index in [0.29, 0.717) is 16.9 Å². The Kier molecular flexibility index (Phi) is 4.89. The number of hydrogen-bond donors (Lipinski definition) is 2. The van der Waals surface area contributed by atoms with Crippen molar-refractivity contribution in [3.8, 4) is 0 Å². The minimum absolute atomic E-state index is 0.268. The van der Waals surface area contributed by atoms with E-state index in [2.05, 4.69) is 20.4 Å². The second-order valence-electron chi connectivity index (χ2n) is 5.36. The number of hydrogen-bond acceptors (Lipinski definition) is 5. The van der Waals surface area contributed by atoms with E-state index in [-0.39, 0.29) is 5.56 Å². The Morgan fingerprint density at radius 1 is 0.923 bits per heavy atom. The van der Waals surface area contributed by atoms with Crippen LogP contribution >= 0.6 is 0 Å². The molecule has 130 valence electrons. The summed E-state index contributed by atoms with van der Waals surface area (Å²) in [7, 11) is 1.26. The second-order valence-corrected chi connectivity index (χ2v) is 5.36. The van der Waals surface area contributed by atoms with Crippen LogP contribution in [0, 0.1) is 0 Å². The molecule has 0 atom stereocenters. The van der Waals surface area contributed by atoms with E-state index in [4.69, 9.17) is 0 Å². The molecule has 0 aliphatic carbocycles. The molecule has 2 aromatic carbocycles. The molecule has 1 heterocycles. The first-order chi connectivity index (χ1) is 12.6. The lowest BCUT2D eigenvalue weighted by Crippen LogP contribution is -2.29. The zero-order chi connectivity index (χ0) is 18.5. The summed E-state index contributed by atoms with van der Waals surface area (Å²) < 4.78 is 4.63. The molecular formula is C19H15N3O4. The van der Waals surface area contributed by atoms with Crippen LogP contribution in [-0.4, -0.2) is 29.9 Å². The van der Waals surface area contributed by atoms with Gasteiger partial charge in [0.05, 0.1) is 23.9 Å².